The van der Waals surface area contributed by atoms with Gasteiger partial charge in [0.05, 0.1) is 23.9 Å². The lowest BCUT2D eigenvalue weighted by Gasteiger charge is -2.11. The van der Waals surface area contributed by atoms with E-state index in [1.165, 1.54) is 0 Å². The fourth-order valence-corrected chi connectivity index (χ4v) is 2.91. The van der Waals surface area contributed by atoms with Crippen molar-refractivity contribution >= 4 is 16.8 Å². The Morgan fingerprint density at radius 2 is 1.96 bits per heavy atom. The SMILES string of the molecule is CCOCCCNC(=O)c1cc(-c2cccc(OC)c2)nc2ccccc12. The molecular formula is C22H24N2O3. The van der Waals surface area contributed by atoms with Gasteiger partial charge in [-0.15, -0.1) is 0 Å². The molecular weight excluding hydrogens is 340 g/mol. The van der Waals surface area contributed by atoms with Crippen LogP contribution >= 0.6 is 0 Å². The van der Waals surface area contributed by atoms with Gasteiger partial charge in [-0.25, -0.2) is 4.98 Å². The van der Waals surface area contributed by atoms with E-state index < -0.39 is 0 Å². The van der Waals surface area contributed by atoms with E-state index in [4.69, 9.17) is 14.5 Å². The molecule has 3 aromatic rings. The number of rotatable bonds is 8. The van der Waals surface area contributed by atoms with Crippen molar-refractivity contribution < 1.29 is 14.3 Å². The summed E-state index contributed by atoms with van der Waals surface area (Å²) < 4.78 is 10.6. The van der Waals surface area contributed by atoms with Crippen LogP contribution in [0, 0.1) is 0 Å². The van der Waals surface area contributed by atoms with Gasteiger partial charge in [0, 0.05) is 30.7 Å². The normalized spacial score (nSPS) is 10.7. The van der Waals surface area contributed by atoms with Crippen LogP contribution in [0.4, 0.5) is 0 Å². The lowest BCUT2D eigenvalue weighted by Crippen LogP contribution is -2.25. The molecule has 0 fully saturated rings. The second kappa shape index (κ2) is 9.14. The van der Waals surface area contributed by atoms with Crippen molar-refractivity contribution in [1.29, 1.82) is 0 Å². The summed E-state index contributed by atoms with van der Waals surface area (Å²) in [6, 6.07) is 17.2. The second-order valence-corrected chi connectivity index (χ2v) is 6.11. The van der Waals surface area contributed by atoms with E-state index in [-0.39, 0.29) is 5.91 Å². The molecule has 1 N–H and O–H groups in total. The highest BCUT2D eigenvalue weighted by atomic mass is 16.5. The van der Waals surface area contributed by atoms with Gasteiger partial charge < -0.3 is 14.8 Å². The second-order valence-electron chi connectivity index (χ2n) is 6.11. The standard InChI is InChI=1S/C22H24N2O3/c1-3-27-13-7-12-23-22(25)19-15-21(16-8-6-9-17(14-16)26-2)24-20-11-5-4-10-18(19)20/h4-6,8-11,14-15H,3,7,12-13H2,1-2H3,(H,23,25). The summed E-state index contributed by atoms with van der Waals surface area (Å²) in [5, 5.41) is 3.82. The van der Waals surface area contributed by atoms with Gasteiger partial charge in [-0.05, 0) is 37.6 Å². The first-order valence-electron chi connectivity index (χ1n) is 9.13. The van der Waals surface area contributed by atoms with Crippen LogP contribution in [0.2, 0.25) is 0 Å². The minimum Gasteiger partial charge on any atom is -0.497 e. The molecule has 0 radical (unpaired) electrons. The molecule has 0 unspecified atom stereocenters. The van der Waals surface area contributed by atoms with Crippen LogP contribution in [0.25, 0.3) is 22.2 Å². The van der Waals surface area contributed by atoms with Crippen LogP contribution in [0.1, 0.15) is 23.7 Å². The summed E-state index contributed by atoms with van der Waals surface area (Å²) in [5.74, 6) is 0.652. The predicted molar refractivity (Wildman–Crippen MR) is 107 cm³/mol. The Balaban J connectivity index is 1.92. The molecule has 0 bridgehead atoms. The highest BCUT2D eigenvalue weighted by Gasteiger charge is 2.14. The summed E-state index contributed by atoms with van der Waals surface area (Å²) in [6.45, 7) is 3.86. The maximum Gasteiger partial charge on any atom is 0.252 e. The minimum absolute atomic E-state index is 0.103. The fourth-order valence-electron chi connectivity index (χ4n) is 2.91. The number of aromatic nitrogens is 1. The number of carbonyl (C=O) groups is 1. The molecule has 0 atom stereocenters. The molecule has 0 saturated carbocycles. The number of nitrogens with zero attached hydrogens (tertiary/aromatic N) is 1. The summed E-state index contributed by atoms with van der Waals surface area (Å²) in [6.07, 6.45) is 0.783. The van der Waals surface area contributed by atoms with E-state index in [1.807, 2.05) is 61.5 Å². The van der Waals surface area contributed by atoms with Crippen LogP contribution in [0.15, 0.2) is 54.6 Å². The third-order valence-corrected chi connectivity index (χ3v) is 4.28. The molecule has 2 aromatic carbocycles. The highest BCUT2D eigenvalue weighted by molar-refractivity contribution is 6.07. The average Bonchev–Trinajstić information content (AvgIpc) is 2.72. The predicted octanol–water partition coefficient (Wildman–Crippen LogP) is 4.07. The van der Waals surface area contributed by atoms with Gasteiger partial charge in [-0.3, -0.25) is 4.79 Å². The number of methoxy groups -OCH3 is 1. The van der Waals surface area contributed by atoms with Gasteiger partial charge in [0.2, 0.25) is 0 Å². The van der Waals surface area contributed by atoms with E-state index >= 15 is 0 Å². The number of hydrogen-bond donors (Lipinski definition) is 1. The first-order chi connectivity index (χ1) is 13.2. The first kappa shape index (κ1) is 18.9. The van der Waals surface area contributed by atoms with Crippen molar-refractivity contribution in [3.63, 3.8) is 0 Å². The molecule has 0 aliphatic carbocycles. The monoisotopic (exact) mass is 364 g/mol. The van der Waals surface area contributed by atoms with E-state index in [0.717, 1.165) is 34.3 Å². The Hall–Kier alpha value is -2.92. The third-order valence-electron chi connectivity index (χ3n) is 4.28. The Labute approximate surface area is 159 Å². The van der Waals surface area contributed by atoms with Crippen molar-refractivity contribution in [2.45, 2.75) is 13.3 Å². The summed E-state index contributed by atoms with van der Waals surface area (Å²) in [4.78, 5) is 17.5. The van der Waals surface area contributed by atoms with Crippen molar-refractivity contribution in [2.75, 3.05) is 26.9 Å². The molecule has 140 valence electrons. The number of amides is 1. The first-order valence-corrected chi connectivity index (χ1v) is 9.13. The van der Waals surface area contributed by atoms with Crippen molar-refractivity contribution in [2.24, 2.45) is 0 Å². The Morgan fingerprint density at radius 3 is 2.78 bits per heavy atom. The molecule has 0 aliphatic heterocycles. The van der Waals surface area contributed by atoms with Crippen LogP contribution in [0.3, 0.4) is 0 Å². The van der Waals surface area contributed by atoms with Gasteiger partial charge >= 0.3 is 0 Å². The van der Waals surface area contributed by atoms with Gasteiger partial charge in [-0.1, -0.05) is 30.3 Å². The topological polar surface area (TPSA) is 60.5 Å². The van der Waals surface area contributed by atoms with Crippen molar-refractivity contribution in [3.8, 4) is 17.0 Å². The van der Waals surface area contributed by atoms with E-state index in [9.17, 15) is 4.79 Å². The minimum atomic E-state index is -0.103. The quantitative estimate of drug-likeness (QED) is 0.612. The summed E-state index contributed by atoms with van der Waals surface area (Å²) in [7, 11) is 1.63. The van der Waals surface area contributed by atoms with Gasteiger partial charge in [0.25, 0.3) is 5.91 Å². The fraction of sp³-hybridized carbons (Fsp3) is 0.273. The molecule has 5 heteroatoms. The maximum atomic E-state index is 12.8. The Morgan fingerprint density at radius 1 is 1.11 bits per heavy atom. The van der Waals surface area contributed by atoms with Gasteiger partial charge in [0.15, 0.2) is 0 Å². The largest absolute Gasteiger partial charge is 0.497 e. The van der Waals surface area contributed by atoms with Gasteiger partial charge in [0.1, 0.15) is 5.75 Å². The summed E-state index contributed by atoms with van der Waals surface area (Å²) >= 11 is 0. The zero-order chi connectivity index (χ0) is 19.1. The van der Waals surface area contributed by atoms with Crippen LogP contribution in [-0.2, 0) is 4.74 Å². The zero-order valence-electron chi connectivity index (χ0n) is 15.7. The molecule has 0 spiro atoms. The molecule has 0 saturated heterocycles. The number of carbonyl (C=O) groups excluding carboxylic acids is 1. The molecule has 1 aromatic heterocycles. The average molecular weight is 364 g/mol. The lowest BCUT2D eigenvalue weighted by molar-refractivity contribution is 0.0946. The molecule has 1 amide bonds. The number of benzene rings is 2. The number of para-hydroxylation sites is 1. The van der Waals surface area contributed by atoms with E-state index in [0.29, 0.717) is 25.3 Å². The van der Waals surface area contributed by atoms with E-state index in [1.54, 1.807) is 7.11 Å². The number of fused-ring (bicyclic) bond motifs is 1. The number of pyridine rings is 1. The Kier molecular flexibility index (Phi) is 6.39. The Bertz CT molecular complexity index is 924. The lowest BCUT2D eigenvalue weighted by atomic mass is 10.0. The molecule has 0 aliphatic rings. The number of hydrogen-bond acceptors (Lipinski definition) is 4. The van der Waals surface area contributed by atoms with Crippen LogP contribution in [0.5, 0.6) is 5.75 Å². The zero-order valence-corrected chi connectivity index (χ0v) is 15.7. The smallest absolute Gasteiger partial charge is 0.252 e. The highest BCUT2D eigenvalue weighted by Crippen LogP contribution is 2.27. The number of ether oxygens (including phenoxy) is 2. The van der Waals surface area contributed by atoms with Crippen LogP contribution in [-0.4, -0.2) is 37.8 Å². The maximum absolute atomic E-state index is 12.8. The van der Waals surface area contributed by atoms with Gasteiger partial charge in [-0.2, -0.15) is 0 Å². The van der Waals surface area contributed by atoms with Crippen molar-refractivity contribution in [1.82, 2.24) is 10.3 Å². The molecule has 1 heterocycles. The molecule has 3 rings (SSSR count). The third kappa shape index (κ3) is 4.63. The van der Waals surface area contributed by atoms with Crippen LogP contribution < -0.4 is 10.1 Å². The number of nitrogens with one attached hydrogen (secondary N) is 1. The summed E-state index contributed by atoms with van der Waals surface area (Å²) in [5.41, 5.74) is 3.06. The van der Waals surface area contributed by atoms with Crippen molar-refractivity contribution in [3.05, 3.63) is 60.2 Å². The molecule has 5 nitrogen and oxygen atoms in total. The molecule has 27 heavy (non-hydrogen) atoms. The van der Waals surface area contributed by atoms with E-state index in [2.05, 4.69) is 5.32 Å².